The highest BCUT2D eigenvalue weighted by molar-refractivity contribution is 5.80. The van der Waals surface area contributed by atoms with Gasteiger partial charge >= 0.3 is 0 Å². The first-order valence-electron chi connectivity index (χ1n) is 8.27. The van der Waals surface area contributed by atoms with Crippen LogP contribution in [0.3, 0.4) is 0 Å². The molecule has 24 heavy (non-hydrogen) atoms. The van der Waals surface area contributed by atoms with Crippen molar-refractivity contribution in [1.82, 2.24) is 20.0 Å². The molecule has 0 aromatic carbocycles. The quantitative estimate of drug-likeness (QED) is 0.854. The molecule has 4 rings (SSSR count). The second-order valence-corrected chi connectivity index (χ2v) is 6.97. The molecule has 0 N–H and O–H groups in total. The van der Waals surface area contributed by atoms with Crippen LogP contribution >= 0.6 is 0 Å². The van der Waals surface area contributed by atoms with Crippen molar-refractivity contribution >= 4 is 11.7 Å². The molecule has 0 saturated carbocycles. The molecule has 126 valence electrons. The molecule has 2 aromatic heterocycles. The van der Waals surface area contributed by atoms with Gasteiger partial charge in [0.1, 0.15) is 17.9 Å². The molecule has 2 saturated heterocycles. The zero-order valence-corrected chi connectivity index (χ0v) is 14.0. The van der Waals surface area contributed by atoms with E-state index in [1.807, 2.05) is 24.8 Å². The molecular weight excluding hydrogens is 306 g/mol. The molecule has 1 spiro atoms. The number of carbonyl (C=O) groups excluding carboxylic acids is 1. The molecule has 1 atom stereocenters. The van der Waals surface area contributed by atoms with Crippen LogP contribution in [0.5, 0.6) is 0 Å². The van der Waals surface area contributed by atoms with E-state index in [0.29, 0.717) is 13.0 Å². The number of aryl methyl sites for hydroxylation is 2. The van der Waals surface area contributed by atoms with Gasteiger partial charge in [-0.15, -0.1) is 0 Å². The number of hydrogen-bond donors (Lipinski definition) is 0. The Morgan fingerprint density at radius 2 is 2.21 bits per heavy atom. The molecule has 2 aromatic rings. The maximum Gasteiger partial charge on any atom is 0.223 e. The molecule has 1 amide bonds. The topological polar surface area (TPSA) is 75.4 Å². The monoisotopic (exact) mass is 327 g/mol. The summed E-state index contributed by atoms with van der Waals surface area (Å²) in [4.78, 5) is 25.1. The van der Waals surface area contributed by atoms with E-state index in [4.69, 9.17) is 4.52 Å². The van der Waals surface area contributed by atoms with Crippen molar-refractivity contribution in [3.05, 3.63) is 35.6 Å². The number of likely N-dealkylation sites (tertiary alicyclic amines) is 1. The fourth-order valence-electron chi connectivity index (χ4n) is 3.92. The van der Waals surface area contributed by atoms with E-state index in [0.717, 1.165) is 48.9 Å². The van der Waals surface area contributed by atoms with Gasteiger partial charge in [0.25, 0.3) is 0 Å². The summed E-state index contributed by atoms with van der Waals surface area (Å²) in [6.45, 7) is 7.01. The lowest BCUT2D eigenvalue weighted by molar-refractivity contribution is -0.128. The van der Waals surface area contributed by atoms with Gasteiger partial charge in [-0.1, -0.05) is 5.16 Å². The first kappa shape index (κ1) is 15.1. The Bertz CT molecular complexity index is 740. The Labute approximate surface area is 140 Å². The highest BCUT2D eigenvalue weighted by Crippen LogP contribution is 2.41. The highest BCUT2D eigenvalue weighted by atomic mass is 16.5. The van der Waals surface area contributed by atoms with E-state index < -0.39 is 0 Å². The standard InChI is InChI=1S/C17H21N5O2/c1-12-14(13(2)24-20-12)8-22-10-17(7-16(22)23)4-6-21(9-17)15-3-5-18-11-19-15/h3,5,11H,4,6-10H2,1-2H3. The molecule has 0 aliphatic carbocycles. The highest BCUT2D eigenvalue weighted by Gasteiger charge is 2.47. The third-order valence-corrected chi connectivity index (χ3v) is 5.26. The summed E-state index contributed by atoms with van der Waals surface area (Å²) in [5.74, 6) is 1.97. The summed E-state index contributed by atoms with van der Waals surface area (Å²) in [5, 5.41) is 3.99. The summed E-state index contributed by atoms with van der Waals surface area (Å²) in [6.07, 6.45) is 4.96. The first-order valence-corrected chi connectivity index (χ1v) is 8.27. The van der Waals surface area contributed by atoms with Crippen LogP contribution in [0.15, 0.2) is 23.1 Å². The molecule has 1 unspecified atom stereocenters. The number of aromatic nitrogens is 3. The van der Waals surface area contributed by atoms with E-state index in [-0.39, 0.29) is 11.3 Å². The van der Waals surface area contributed by atoms with Crippen LogP contribution in [-0.2, 0) is 11.3 Å². The van der Waals surface area contributed by atoms with Gasteiger partial charge in [-0.2, -0.15) is 0 Å². The molecule has 2 fully saturated rings. The van der Waals surface area contributed by atoms with Crippen molar-refractivity contribution in [2.24, 2.45) is 5.41 Å². The summed E-state index contributed by atoms with van der Waals surface area (Å²) >= 11 is 0. The molecule has 7 nitrogen and oxygen atoms in total. The SMILES string of the molecule is Cc1noc(C)c1CN1CC2(CCN(c3ccncn3)C2)CC1=O. The van der Waals surface area contributed by atoms with Gasteiger partial charge in [0.05, 0.1) is 12.2 Å². The molecule has 0 bridgehead atoms. The minimum absolute atomic E-state index is 0.0288. The van der Waals surface area contributed by atoms with Crippen LogP contribution < -0.4 is 4.90 Å². The second kappa shape index (κ2) is 5.58. The molecule has 0 radical (unpaired) electrons. The number of carbonyl (C=O) groups is 1. The van der Waals surface area contributed by atoms with Gasteiger partial charge < -0.3 is 14.3 Å². The Hall–Kier alpha value is -2.44. The van der Waals surface area contributed by atoms with E-state index in [1.165, 1.54) is 0 Å². The molecular formula is C17H21N5O2. The maximum absolute atomic E-state index is 12.6. The van der Waals surface area contributed by atoms with Crippen LogP contribution in [0.1, 0.15) is 29.9 Å². The van der Waals surface area contributed by atoms with Crippen molar-refractivity contribution in [2.45, 2.75) is 33.2 Å². The average Bonchev–Trinajstić information content (AvgIpc) is 3.23. The normalized spacial score (nSPS) is 23.7. The second-order valence-electron chi connectivity index (χ2n) is 6.97. The van der Waals surface area contributed by atoms with E-state index in [1.54, 1.807) is 12.5 Å². The Balaban J connectivity index is 1.48. The molecule has 4 heterocycles. The summed E-state index contributed by atoms with van der Waals surface area (Å²) in [6, 6.07) is 1.93. The van der Waals surface area contributed by atoms with E-state index in [9.17, 15) is 4.79 Å². The predicted molar refractivity (Wildman–Crippen MR) is 87.3 cm³/mol. The van der Waals surface area contributed by atoms with Gasteiger partial charge in [-0.3, -0.25) is 4.79 Å². The minimum atomic E-state index is 0.0288. The fourth-order valence-corrected chi connectivity index (χ4v) is 3.92. The van der Waals surface area contributed by atoms with Crippen molar-refractivity contribution in [1.29, 1.82) is 0 Å². The smallest absolute Gasteiger partial charge is 0.223 e. The first-order chi connectivity index (χ1) is 11.6. The minimum Gasteiger partial charge on any atom is -0.361 e. The van der Waals surface area contributed by atoms with Gasteiger partial charge in [0.2, 0.25) is 5.91 Å². The van der Waals surface area contributed by atoms with Crippen LogP contribution in [-0.4, -0.2) is 45.6 Å². The molecule has 7 heteroatoms. The van der Waals surface area contributed by atoms with Gasteiger partial charge in [0, 0.05) is 43.2 Å². The van der Waals surface area contributed by atoms with Crippen LogP contribution in [0.25, 0.3) is 0 Å². The number of nitrogens with zero attached hydrogens (tertiary/aromatic N) is 5. The van der Waals surface area contributed by atoms with Crippen molar-refractivity contribution in [3.8, 4) is 0 Å². The van der Waals surface area contributed by atoms with Crippen LogP contribution in [0.4, 0.5) is 5.82 Å². The van der Waals surface area contributed by atoms with Crippen molar-refractivity contribution < 1.29 is 9.32 Å². The fraction of sp³-hybridized carbons (Fsp3) is 0.529. The summed E-state index contributed by atoms with van der Waals surface area (Å²) < 4.78 is 5.22. The third-order valence-electron chi connectivity index (χ3n) is 5.26. The van der Waals surface area contributed by atoms with Crippen LogP contribution in [0.2, 0.25) is 0 Å². The number of amides is 1. The largest absolute Gasteiger partial charge is 0.361 e. The van der Waals surface area contributed by atoms with Crippen molar-refractivity contribution in [3.63, 3.8) is 0 Å². The molecule has 2 aliphatic heterocycles. The van der Waals surface area contributed by atoms with Gasteiger partial charge in [-0.05, 0) is 26.3 Å². The summed E-state index contributed by atoms with van der Waals surface area (Å²) in [5.41, 5.74) is 1.93. The number of rotatable bonds is 3. The van der Waals surface area contributed by atoms with Gasteiger partial charge in [0.15, 0.2) is 0 Å². The number of hydrogen-bond acceptors (Lipinski definition) is 6. The lowest BCUT2D eigenvalue weighted by Gasteiger charge is -2.24. The predicted octanol–water partition coefficient (Wildman–Crippen LogP) is 1.71. The Morgan fingerprint density at radius 1 is 1.33 bits per heavy atom. The average molecular weight is 327 g/mol. The number of anilines is 1. The lowest BCUT2D eigenvalue weighted by Crippen LogP contribution is -2.31. The third kappa shape index (κ3) is 2.53. The van der Waals surface area contributed by atoms with Gasteiger partial charge in [-0.25, -0.2) is 9.97 Å². The van der Waals surface area contributed by atoms with E-state index >= 15 is 0 Å². The van der Waals surface area contributed by atoms with E-state index in [2.05, 4.69) is 20.0 Å². The van der Waals surface area contributed by atoms with Crippen molar-refractivity contribution in [2.75, 3.05) is 24.5 Å². The maximum atomic E-state index is 12.6. The zero-order valence-electron chi connectivity index (χ0n) is 14.0. The lowest BCUT2D eigenvalue weighted by atomic mass is 9.86. The molecule has 2 aliphatic rings. The summed E-state index contributed by atoms with van der Waals surface area (Å²) in [7, 11) is 0. The van der Waals surface area contributed by atoms with Crippen LogP contribution in [0, 0.1) is 19.3 Å². The zero-order chi connectivity index (χ0) is 16.7. The Morgan fingerprint density at radius 3 is 2.92 bits per heavy atom. The Kier molecular flexibility index (Phi) is 3.51.